The number of alkyl halides is 2. The smallest absolute Gasteiger partial charge is 0.387 e. The van der Waals surface area contributed by atoms with Crippen LogP contribution < -0.4 is 4.74 Å². The maximum Gasteiger partial charge on any atom is 0.387 e. The highest BCUT2D eigenvalue weighted by atomic mass is 32.1. The van der Waals surface area contributed by atoms with Gasteiger partial charge < -0.3 is 14.6 Å². The van der Waals surface area contributed by atoms with E-state index in [2.05, 4.69) is 30.5 Å². The normalized spacial score (nSPS) is 22.0. The molecule has 6 nitrogen and oxygen atoms in total. The Labute approximate surface area is 195 Å². The molecule has 1 fully saturated rings. The Morgan fingerprint density at radius 2 is 2.12 bits per heavy atom. The lowest BCUT2D eigenvalue weighted by atomic mass is 9.71. The number of rotatable bonds is 8. The highest BCUT2D eigenvalue weighted by Crippen LogP contribution is 2.40. The Morgan fingerprint density at radius 3 is 2.73 bits per heavy atom. The maximum atomic E-state index is 13.8. The zero-order chi connectivity index (χ0) is 24.4. The van der Waals surface area contributed by atoms with E-state index in [1.165, 1.54) is 11.3 Å². The fourth-order valence-corrected chi connectivity index (χ4v) is 5.13. The van der Waals surface area contributed by atoms with E-state index in [0.29, 0.717) is 24.5 Å². The van der Waals surface area contributed by atoms with E-state index in [0.717, 1.165) is 23.1 Å². The molecule has 2 heterocycles. The molecule has 0 saturated carbocycles. The summed E-state index contributed by atoms with van der Waals surface area (Å²) in [6.45, 7) is 6.58. The molecule has 2 atom stereocenters. The lowest BCUT2D eigenvalue weighted by Gasteiger charge is -2.47. The highest BCUT2D eigenvalue weighted by Gasteiger charge is 2.49. The standard InChI is InChI=1S/C23H29F3N2O4S/c1-5-31-23(20(29)30)9-14(22(2,3)4)11-28(13-23)12-16-10-27-19(33-16)17-8-15(24)6-7-18(17)32-21(25)26/h6-8,10,14,21H,5,9,11-13H2,1-4H3,(H,29,30)/t14-,23+/m1/s1. The summed E-state index contributed by atoms with van der Waals surface area (Å²) in [6, 6.07) is 3.32. The first-order valence-corrected chi connectivity index (χ1v) is 11.5. The quantitative estimate of drug-likeness (QED) is 0.548. The van der Waals surface area contributed by atoms with Gasteiger partial charge in [0.05, 0.1) is 5.56 Å². The Balaban J connectivity index is 1.87. The predicted molar refractivity (Wildman–Crippen MR) is 119 cm³/mol. The molecule has 3 rings (SSSR count). The van der Waals surface area contributed by atoms with Crippen LogP contribution in [0, 0.1) is 17.2 Å². The van der Waals surface area contributed by atoms with Crippen LogP contribution in [-0.2, 0) is 16.1 Å². The number of aliphatic carboxylic acids is 1. The van der Waals surface area contributed by atoms with Gasteiger partial charge in [0, 0.05) is 37.3 Å². The Hall–Kier alpha value is -2.17. The van der Waals surface area contributed by atoms with Crippen LogP contribution in [0.4, 0.5) is 13.2 Å². The van der Waals surface area contributed by atoms with Crippen molar-refractivity contribution >= 4 is 17.3 Å². The number of aromatic nitrogens is 1. The molecule has 1 aromatic carbocycles. The van der Waals surface area contributed by atoms with E-state index < -0.39 is 24.0 Å². The average Bonchev–Trinajstić information content (AvgIpc) is 3.16. The second-order valence-electron chi connectivity index (χ2n) is 9.32. The first kappa shape index (κ1) is 25.5. The zero-order valence-electron chi connectivity index (χ0n) is 19.1. The zero-order valence-corrected chi connectivity index (χ0v) is 19.9. The molecule has 1 aliphatic heterocycles. The molecule has 1 aromatic heterocycles. The van der Waals surface area contributed by atoms with E-state index in [9.17, 15) is 23.1 Å². The van der Waals surface area contributed by atoms with Crippen LogP contribution in [0.25, 0.3) is 10.6 Å². The number of nitrogens with zero attached hydrogens (tertiary/aromatic N) is 2. The fourth-order valence-electron chi connectivity index (χ4n) is 4.16. The molecule has 33 heavy (non-hydrogen) atoms. The summed E-state index contributed by atoms with van der Waals surface area (Å²) in [5, 5.41) is 10.3. The number of carbonyl (C=O) groups is 1. The molecule has 0 bridgehead atoms. The third-order valence-electron chi connectivity index (χ3n) is 5.89. The molecule has 182 valence electrons. The summed E-state index contributed by atoms with van der Waals surface area (Å²) in [6.07, 6.45) is 2.02. The number of thiazole rings is 1. The second kappa shape index (κ2) is 9.99. The van der Waals surface area contributed by atoms with Gasteiger partial charge in [-0.25, -0.2) is 14.2 Å². The van der Waals surface area contributed by atoms with Crippen LogP contribution in [0.1, 0.15) is 39.0 Å². The predicted octanol–water partition coefficient (Wildman–Crippen LogP) is 5.28. The van der Waals surface area contributed by atoms with Crippen molar-refractivity contribution in [3.63, 3.8) is 0 Å². The summed E-state index contributed by atoms with van der Waals surface area (Å²) >= 11 is 1.23. The summed E-state index contributed by atoms with van der Waals surface area (Å²) in [5.41, 5.74) is -1.29. The van der Waals surface area contributed by atoms with Gasteiger partial charge in [0.25, 0.3) is 0 Å². The van der Waals surface area contributed by atoms with Crippen molar-refractivity contribution in [1.82, 2.24) is 9.88 Å². The van der Waals surface area contributed by atoms with E-state index in [1.54, 1.807) is 13.1 Å². The van der Waals surface area contributed by atoms with Crippen molar-refractivity contribution in [1.29, 1.82) is 0 Å². The van der Waals surface area contributed by atoms with Gasteiger partial charge in [0.15, 0.2) is 5.60 Å². The number of likely N-dealkylation sites (tertiary alicyclic amines) is 1. The second-order valence-corrected chi connectivity index (χ2v) is 10.4. The summed E-state index contributed by atoms with van der Waals surface area (Å²) in [4.78, 5) is 19.3. The van der Waals surface area contributed by atoms with Crippen molar-refractivity contribution < 1.29 is 32.5 Å². The van der Waals surface area contributed by atoms with Crippen LogP contribution in [-0.4, -0.2) is 52.9 Å². The van der Waals surface area contributed by atoms with Crippen molar-refractivity contribution in [2.75, 3.05) is 19.7 Å². The van der Waals surface area contributed by atoms with Gasteiger partial charge in [-0.1, -0.05) is 20.8 Å². The van der Waals surface area contributed by atoms with Crippen molar-refractivity contribution in [2.45, 2.75) is 52.9 Å². The lowest BCUT2D eigenvalue weighted by Crippen LogP contribution is -2.59. The molecule has 0 spiro atoms. The minimum absolute atomic E-state index is 0.0792. The Kier molecular flexibility index (Phi) is 7.70. The van der Waals surface area contributed by atoms with Crippen LogP contribution in [0.5, 0.6) is 5.75 Å². The molecule has 2 aromatic rings. The first-order valence-electron chi connectivity index (χ1n) is 10.7. The number of hydrogen-bond donors (Lipinski definition) is 1. The van der Waals surface area contributed by atoms with Gasteiger partial charge in [-0.3, -0.25) is 4.90 Å². The van der Waals surface area contributed by atoms with Crippen LogP contribution in [0.2, 0.25) is 0 Å². The fraction of sp³-hybridized carbons (Fsp3) is 0.565. The monoisotopic (exact) mass is 486 g/mol. The Bertz CT molecular complexity index is 979. The minimum atomic E-state index is -3.04. The number of halogens is 3. The largest absolute Gasteiger partial charge is 0.479 e. The van der Waals surface area contributed by atoms with Gasteiger partial charge in [-0.05, 0) is 42.9 Å². The molecule has 1 N–H and O–H groups in total. The maximum absolute atomic E-state index is 13.8. The highest BCUT2D eigenvalue weighted by molar-refractivity contribution is 7.15. The van der Waals surface area contributed by atoms with E-state index in [-0.39, 0.29) is 35.8 Å². The Morgan fingerprint density at radius 1 is 1.39 bits per heavy atom. The summed E-state index contributed by atoms with van der Waals surface area (Å²) in [7, 11) is 0. The SMILES string of the molecule is CCO[C@@]1(C(=O)O)C[C@@H](C(C)(C)C)CN(Cc2cnc(-c3cc(F)ccc3OC(F)F)s2)C1. The van der Waals surface area contributed by atoms with Gasteiger partial charge in [-0.15, -0.1) is 11.3 Å². The number of hydrogen-bond acceptors (Lipinski definition) is 6. The van der Waals surface area contributed by atoms with Crippen molar-refractivity contribution in [3.05, 3.63) is 35.1 Å². The van der Waals surface area contributed by atoms with E-state index in [1.807, 2.05) is 4.90 Å². The average molecular weight is 487 g/mol. The lowest BCUT2D eigenvalue weighted by molar-refractivity contribution is -0.180. The number of carboxylic acid groups (broad SMARTS) is 1. The molecule has 1 aliphatic rings. The number of carboxylic acids is 1. The third-order valence-corrected chi connectivity index (χ3v) is 6.91. The molecule has 10 heteroatoms. The molecule has 0 radical (unpaired) electrons. The molecule has 1 saturated heterocycles. The van der Waals surface area contributed by atoms with Gasteiger partial charge >= 0.3 is 12.6 Å². The summed E-state index contributed by atoms with van der Waals surface area (Å²) < 4.78 is 49.6. The topological polar surface area (TPSA) is 71.9 Å². The molecule has 0 unspecified atom stereocenters. The van der Waals surface area contributed by atoms with E-state index >= 15 is 0 Å². The summed E-state index contributed by atoms with van der Waals surface area (Å²) in [5.74, 6) is -1.65. The molecule has 0 amide bonds. The van der Waals surface area contributed by atoms with Gasteiger partial charge in [0.2, 0.25) is 0 Å². The van der Waals surface area contributed by atoms with Crippen LogP contribution in [0.3, 0.4) is 0 Å². The van der Waals surface area contributed by atoms with E-state index in [4.69, 9.17) is 4.74 Å². The van der Waals surface area contributed by atoms with Crippen molar-refractivity contribution in [3.8, 4) is 16.3 Å². The number of ether oxygens (including phenoxy) is 2. The number of benzene rings is 1. The molecule has 0 aliphatic carbocycles. The van der Waals surface area contributed by atoms with Gasteiger partial charge in [-0.2, -0.15) is 8.78 Å². The van der Waals surface area contributed by atoms with Crippen LogP contribution >= 0.6 is 11.3 Å². The van der Waals surface area contributed by atoms with Crippen LogP contribution in [0.15, 0.2) is 24.4 Å². The third kappa shape index (κ3) is 6.04. The molecular formula is C23H29F3N2O4S. The minimum Gasteiger partial charge on any atom is -0.479 e. The van der Waals surface area contributed by atoms with Gasteiger partial charge in [0.1, 0.15) is 16.6 Å². The number of piperidine rings is 1. The first-order chi connectivity index (χ1) is 15.4. The molecular weight excluding hydrogens is 457 g/mol. The van der Waals surface area contributed by atoms with Crippen molar-refractivity contribution in [2.24, 2.45) is 11.3 Å².